The fourth-order valence-electron chi connectivity index (χ4n) is 1.85. The van der Waals surface area contributed by atoms with Gasteiger partial charge in [-0.2, -0.15) is 0 Å². The van der Waals surface area contributed by atoms with Crippen molar-refractivity contribution in [3.8, 4) is 0 Å². The maximum Gasteiger partial charge on any atom is 0.0333 e. The highest BCUT2D eigenvalue weighted by Crippen LogP contribution is 2.29. The van der Waals surface area contributed by atoms with E-state index in [1.807, 2.05) is 0 Å². The van der Waals surface area contributed by atoms with Crippen LogP contribution in [0.3, 0.4) is 0 Å². The standard InChI is InChI=1S/C11H21N/c1-9(2)12-8-6-7-10(12)11(3,4)5/h6-7,9-10H,8H2,1-5H3. The molecule has 1 heterocycles. The molecular weight excluding hydrogens is 146 g/mol. The van der Waals surface area contributed by atoms with Gasteiger partial charge in [-0.1, -0.05) is 32.9 Å². The number of rotatable bonds is 1. The van der Waals surface area contributed by atoms with E-state index in [1.54, 1.807) is 0 Å². The number of hydrogen-bond acceptors (Lipinski definition) is 1. The zero-order valence-electron chi connectivity index (χ0n) is 8.96. The highest BCUT2D eigenvalue weighted by atomic mass is 15.2. The van der Waals surface area contributed by atoms with Crippen molar-refractivity contribution in [2.75, 3.05) is 6.54 Å². The van der Waals surface area contributed by atoms with Gasteiger partial charge in [-0.25, -0.2) is 0 Å². The largest absolute Gasteiger partial charge is 0.290 e. The van der Waals surface area contributed by atoms with Gasteiger partial charge in [-0.05, 0) is 19.3 Å². The van der Waals surface area contributed by atoms with Crippen LogP contribution in [0.4, 0.5) is 0 Å². The molecule has 0 saturated heterocycles. The smallest absolute Gasteiger partial charge is 0.0333 e. The van der Waals surface area contributed by atoms with Gasteiger partial charge in [0.15, 0.2) is 0 Å². The summed E-state index contributed by atoms with van der Waals surface area (Å²) in [5, 5.41) is 0. The second-order valence-electron chi connectivity index (χ2n) is 5.03. The molecule has 70 valence electrons. The van der Waals surface area contributed by atoms with Gasteiger partial charge >= 0.3 is 0 Å². The lowest BCUT2D eigenvalue weighted by molar-refractivity contribution is 0.130. The maximum atomic E-state index is 2.54. The monoisotopic (exact) mass is 167 g/mol. The summed E-state index contributed by atoms with van der Waals surface area (Å²) in [5.41, 5.74) is 0.372. The van der Waals surface area contributed by atoms with Crippen LogP contribution in [0.25, 0.3) is 0 Å². The Labute approximate surface area is 76.5 Å². The van der Waals surface area contributed by atoms with E-state index in [0.29, 0.717) is 17.5 Å². The molecule has 0 aromatic heterocycles. The fraction of sp³-hybridized carbons (Fsp3) is 0.818. The Morgan fingerprint density at radius 1 is 1.33 bits per heavy atom. The van der Waals surface area contributed by atoms with E-state index in [9.17, 15) is 0 Å². The number of hydrogen-bond donors (Lipinski definition) is 0. The van der Waals surface area contributed by atoms with Crippen molar-refractivity contribution in [2.45, 2.75) is 46.7 Å². The second-order valence-corrected chi connectivity index (χ2v) is 5.03. The van der Waals surface area contributed by atoms with Crippen LogP contribution in [0, 0.1) is 5.41 Å². The summed E-state index contributed by atoms with van der Waals surface area (Å²) >= 11 is 0. The first-order valence-electron chi connectivity index (χ1n) is 4.85. The third-order valence-electron chi connectivity index (χ3n) is 2.54. The van der Waals surface area contributed by atoms with Crippen LogP contribution in [0.1, 0.15) is 34.6 Å². The molecule has 0 aromatic rings. The van der Waals surface area contributed by atoms with Crippen LogP contribution in [-0.2, 0) is 0 Å². The van der Waals surface area contributed by atoms with E-state index in [1.165, 1.54) is 0 Å². The summed E-state index contributed by atoms with van der Waals surface area (Å²) in [7, 11) is 0. The van der Waals surface area contributed by atoms with Gasteiger partial charge in [-0.3, -0.25) is 4.90 Å². The van der Waals surface area contributed by atoms with Gasteiger partial charge in [0, 0.05) is 18.6 Å². The molecule has 1 aliphatic heterocycles. The Bertz CT molecular complexity index is 174. The first-order chi connectivity index (χ1) is 5.43. The molecule has 1 rings (SSSR count). The van der Waals surface area contributed by atoms with Crippen LogP contribution < -0.4 is 0 Å². The van der Waals surface area contributed by atoms with E-state index in [4.69, 9.17) is 0 Å². The lowest BCUT2D eigenvalue weighted by Crippen LogP contribution is -2.43. The number of nitrogens with zero attached hydrogens (tertiary/aromatic N) is 1. The molecule has 1 aliphatic rings. The molecule has 1 heteroatoms. The van der Waals surface area contributed by atoms with E-state index < -0.39 is 0 Å². The molecule has 0 N–H and O–H groups in total. The first-order valence-corrected chi connectivity index (χ1v) is 4.85. The van der Waals surface area contributed by atoms with Gasteiger partial charge in [0.2, 0.25) is 0 Å². The predicted octanol–water partition coefficient (Wildman–Crippen LogP) is 2.68. The van der Waals surface area contributed by atoms with Crippen molar-refractivity contribution in [2.24, 2.45) is 5.41 Å². The quantitative estimate of drug-likeness (QED) is 0.543. The van der Waals surface area contributed by atoms with Crippen molar-refractivity contribution >= 4 is 0 Å². The van der Waals surface area contributed by atoms with Crippen LogP contribution >= 0.6 is 0 Å². The Hall–Kier alpha value is -0.300. The molecular formula is C11H21N. The van der Waals surface area contributed by atoms with E-state index in [0.717, 1.165) is 6.54 Å². The minimum absolute atomic E-state index is 0.372. The summed E-state index contributed by atoms with van der Waals surface area (Å²) in [6, 6.07) is 1.28. The normalized spacial score (nSPS) is 25.7. The lowest BCUT2D eigenvalue weighted by atomic mass is 9.86. The third kappa shape index (κ3) is 1.89. The van der Waals surface area contributed by atoms with E-state index in [2.05, 4.69) is 51.7 Å². The average molecular weight is 167 g/mol. The SMILES string of the molecule is CC(C)N1CC=CC1C(C)(C)C. The maximum absolute atomic E-state index is 2.54. The van der Waals surface area contributed by atoms with Gasteiger partial charge < -0.3 is 0 Å². The topological polar surface area (TPSA) is 3.24 Å². The van der Waals surface area contributed by atoms with Crippen LogP contribution in [0.15, 0.2) is 12.2 Å². The van der Waals surface area contributed by atoms with Crippen LogP contribution in [0.2, 0.25) is 0 Å². The Kier molecular flexibility index (Phi) is 2.62. The minimum atomic E-state index is 0.372. The van der Waals surface area contributed by atoms with Gasteiger partial charge in [0.1, 0.15) is 0 Å². The zero-order valence-corrected chi connectivity index (χ0v) is 8.96. The molecule has 1 atom stereocenters. The molecule has 0 bridgehead atoms. The molecule has 0 radical (unpaired) electrons. The third-order valence-corrected chi connectivity index (χ3v) is 2.54. The zero-order chi connectivity index (χ0) is 9.35. The molecule has 0 spiro atoms. The van der Waals surface area contributed by atoms with E-state index >= 15 is 0 Å². The average Bonchev–Trinajstić information content (AvgIpc) is 2.30. The molecule has 1 unspecified atom stereocenters. The lowest BCUT2D eigenvalue weighted by Gasteiger charge is -2.37. The summed E-state index contributed by atoms with van der Waals surface area (Å²) in [5.74, 6) is 0. The molecule has 12 heavy (non-hydrogen) atoms. The van der Waals surface area contributed by atoms with Crippen molar-refractivity contribution in [1.82, 2.24) is 4.90 Å². The summed E-state index contributed by atoms with van der Waals surface area (Å²) in [6.07, 6.45) is 4.63. The van der Waals surface area contributed by atoms with Crippen molar-refractivity contribution < 1.29 is 0 Å². The molecule has 1 nitrogen and oxygen atoms in total. The summed E-state index contributed by atoms with van der Waals surface area (Å²) < 4.78 is 0. The summed E-state index contributed by atoms with van der Waals surface area (Å²) in [4.78, 5) is 2.54. The molecule has 0 aliphatic carbocycles. The highest BCUT2D eigenvalue weighted by Gasteiger charge is 2.31. The van der Waals surface area contributed by atoms with E-state index in [-0.39, 0.29) is 0 Å². The van der Waals surface area contributed by atoms with Crippen LogP contribution in [-0.4, -0.2) is 23.5 Å². The molecule has 0 saturated carbocycles. The van der Waals surface area contributed by atoms with Crippen LogP contribution in [0.5, 0.6) is 0 Å². The highest BCUT2D eigenvalue weighted by molar-refractivity contribution is 5.09. The predicted molar refractivity (Wildman–Crippen MR) is 54.2 cm³/mol. The molecule has 0 aromatic carbocycles. The van der Waals surface area contributed by atoms with Gasteiger partial charge in [0.25, 0.3) is 0 Å². The molecule has 0 amide bonds. The van der Waals surface area contributed by atoms with Crippen molar-refractivity contribution in [3.63, 3.8) is 0 Å². The van der Waals surface area contributed by atoms with Gasteiger partial charge in [-0.15, -0.1) is 0 Å². The summed E-state index contributed by atoms with van der Waals surface area (Å²) in [6.45, 7) is 12.6. The fourth-order valence-corrected chi connectivity index (χ4v) is 1.85. The minimum Gasteiger partial charge on any atom is -0.290 e. The second kappa shape index (κ2) is 3.21. The Morgan fingerprint density at radius 3 is 2.25 bits per heavy atom. The molecule has 0 fully saturated rings. The van der Waals surface area contributed by atoms with Crippen molar-refractivity contribution in [3.05, 3.63) is 12.2 Å². The van der Waals surface area contributed by atoms with Gasteiger partial charge in [0.05, 0.1) is 0 Å². The first kappa shape index (κ1) is 9.79. The Balaban J connectivity index is 2.70. The van der Waals surface area contributed by atoms with Crippen molar-refractivity contribution in [1.29, 1.82) is 0 Å². The Morgan fingerprint density at radius 2 is 1.92 bits per heavy atom.